The summed E-state index contributed by atoms with van der Waals surface area (Å²) in [4.78, 5) is 24.4. The van der Waals surface area contributed by atoms with Gasteiger partial charge in [0.05, 0.1) is 6.04 Å². The zero-order chi connectivity index (χ0) is 12.6. The van der Waals surface area contributed by atoms with Crippen molar-refractivity contribution in [3.05, 3.63) is 44.8 Å². The molecule has 0 fully saturated rings. The highest BCUT2D eigenvalue weighted by Crippen LogP contribution is 2.28. The molecule has 17 heavy (non-hydrogen) atoms. The standard InChI is InChI=1S/C10H11FN2O4/c11-4-5-3-6(9(16)8(5)15)13-2-1-7(14)12-10(13)17/h1-3,6,8-9,15-16H,4H2,(H,12,14,17)/t6-,8+,9?/m1/s1. The molecular formula is C10H11FN2O4. The van der Waals surface area contributed by atoms with Gasteiger partial charge in [0.1, 0.15) is 18.9 Å². The first-order valence-corrected chi connectivity index (χ1v) is 4.98. The summed E-state index contributed by atoms with van der Waals surface area (Å²) in [6, 6.07) is 0.238. The van der Waals surface area contributed by atoms with Gasteiger partial charge in [0.2, 0.25) is 0 Å². The van der Waals surface area contributed by atoms with E-state index in [0.717, 1.165) is 10.6 Å². The lowest BCUT2D eigenvalue weighted by Gasteiger charge is -2.18. The summed E-state index contributed by atoms with van der Waals surface area (Å²) in [5.74, 6) is 0. The van der Waals surface area contributed by atoms with Crippen molar-refractivity contribution in [3.8, 4) is 0 Å². The number of rotatable bonds is 2. The summed E-state index contributed by atoms with van der Waals surface area (Å²) in [6.45, 7) is -0.896. The Morgan fingerprint density at radius 2 is 2.12 bits per heavy atom. The van der Waals surface area contributed by atoms with Crippen molar-refractivity contribution in [2.45, 2.75) is 18.2 Å². The minimum absolute atomic E-state index is 0.0283. The van der Waals surface area contributed by atoms with Crippen LogP contribution in [0.3, 0.4) is 0 Å². The number of aliphatic hydroxyl groups is 2. The van der Waals surface area contributed by atoms with Crippen LogP contribution >= 0.6 is 0 Å². The van der Waals surface area contributed by atoms with Crippen LogP contribution in [0.15, 0.2) is 33.5 Å². The van der Waals surface area contributed by atoms with Crippen LogP contribution in [-0.4, -0.2) is 38.6 Å². The molecule has 0 saturated carbocycles. The molecule has 0 radical (unpaired) electrons. The summed E-state index contributed by atoms with van der Waals surface area (Å²) in [5.41, 5.74) is -1.25. The van der Waals surface area contributed by atoms with Crippen LogP contribution in [0.4, 0.5) is 4.39 Å². The monoisotopic (exact) mass is 242 g/mol. The molecule has 0 spiro atoms. The molecule has 6 nitrogen and oxygen atoms in total. The topological polar surface area (TPSA) is 95.3 Å². The van der Waals surface area contributed by atoms with Gasteiger partial charge < -0.3 is 10.2 Å². The Labute approximate surface area is 94.7 Å². The van der Waals surface area contributed by atoms with Crippen molar-refractivity contribution in [3.63, 3.8) is 0 Å². The molecule has 0 saturated heterocycles. The van der Waals surface area contributed by atoms with Crippen LogP contribution in [0.2, 0.25) is 0 Å². The lowest BCUT2D eigenvalue weighted by atomic mass is 10.1. The molecule has 1 aliphatic rings. The summed E-state index contributed by atoms with van der Waals surface area (Å²) in [5, 5.41) is 19.2. The van der Waals surface area contributed by atoms with Gasteiger partial charge in [-0.05, 0) is 5.57 Å². The fourth-order valence-electron chi connectivity index (χ4n) is 1.85. The second-order valence-corrected chi connectivity index (χ2v) is 3.82. The van der Waals surface area contributed by atoms with Crippen molar-refractivity contribution in [2.75, 3.05) is 6.67 Å². The second kappa shape index (κ2) is 4.27. The van der Waals surface area contributed by atoms with Gasteiger partial charge in [-0.25, -0.2) is 9.18 Å². The Bertz CT molecular complexity index is 562. The first-order valence-electron chi connectivity index (χ1n) is 4.98. The Hall–Kier alpha value is -1.73. The third-order valence-corrected chi connectivity index (χ3v) is 2.76. The van der Waals surface area contributed by atoms with E-state index in [4.69, 9.17) is 0 Å². The van der Waals surface area contributed by atoms with Crippen molar-refractivity contribution in [1.29, 1.82) is 0 Å². The van der Waals surface area contributed by atoms with E-state index in [-0.39, 0.29) is 5.57 Å². The molecule has 1 aliphatic carbocycles. The molecule has 1 heterocycles. The Morgan fingerprint density at radius 3 is 2.65 bits per heavy atom. The molecule has 1 aromatic rings. The maximum Gasteiger partial charge on any atom is 0.328 e. The van der Waals surface area contributed by atoms with Gasteiger partial charge in [0.25, 0.3) is 5.56 Å². The lowest BCUT2D eigenvalue weighted by Crippen LogP contribution is -2.37. The predicted molar refractivity (Wildman–Crippen MR) is 56.4 cm³/mol. The molecule has 0 amide bonds. The van der Waals surface area contributed by atoms with Crippen LogP contribution in [-0.2, 0) is 0 Å². The minimum Gasteiger partial charge on any atom is -0.388 e. The summed E-state index contributed by atoms with van der Waals surface area (Å²) in [7, 11) is 0. The highest BCUT2D eigenvalue weighted by Gasteiger charge is 2.35. The van der Waals surface area contributed by atoms with Crippen LogP contribution in [0, 0.1) is 0 Å². The molecule has 2 rings (SSSR count). The number of H-pyrrole nitrogens is 1. The van der Waals surface area contributed by atoms with E-state index in [1.807, 2.05) is 4.98 Å². The maximum absolute atomic E-state index is 12.5. The third kappa shape index (κ3) is 1.94. The number of hydrogen-bond donors (Lipinski definition) is 3. The SMILES string of the molecule is O=c1ccn([C@@H]2C=C(CF)[C@H](O)C2O)c(=O)[nH]1. The zero-order valence-electron chi connectivity index (χ0n) is 8.71. The zero-order valence-corrected chi connectivity index (χ0v) is 8.71. The number of nitrogens with one attached hydrogen (secondary N) is 1. The van der Waals surface area contributed by atoms with E-state index in [9.17, 15) is 24.2 Å². The Morgan fingerprint density at radius 1 is 1.41 bits per heavy atom. The van der Waals surface area contributed by atoms with Gasteiger partial charge in [0, 0.05) is 12.3 Å². The Kier molecular flexibility index (Phi) is 2.95. The minimum atomic E-state index is -1.33. The smallest absolute Gasteiger partial charge is 0.328 e. The van der Waals surface area contributed by atoms with E-state index >= 15 is 0 Å². The first kappa shape index (κ1) is 11.7. The molecule has 92 valence electrons. The van der Waals surface area contributed by atoms with Crippen LogP contribution in [0.1, 0.15) is 6.04 Å². The van der Waals surface area contributed by atoms with Gasteiger partial charge in [-0.3, -0.25) is 14.3 Å². The molecule has 7 heteroatoms. The molecule has 1 unspecified atom stereocenters. The van der Waals surface area contributed by atoms with E-state index < -0.39 is 36.2 Å². The van der Waals surface area contributed by atoms with E-state index in [0.29, 0.717) is 0 Å². The molecule has 0 aliphatic heterocycles. The number of nitrogens with zero attached hydrogens (tertiary/aromatic N) is 1. The average molecular weight is 242 g/mol. The van der Waals surface area contributed by atoms with Crippen molar-refractivity contribution >= 4 is 0 Å². The normalized spacial score (nSPS) is 28.2. The number of aromatic nitrogens is 2. The highest BCUT2D eigenvalue weighted by molar-refractivity contribution is 5.23. The van der Waals surface area contributed by atoms with Crippen molar-refractivity contribution < 1.29 is 14.6 Å². The van der Waals surface area contributed by atoms with Gasteiger partial charge in [-0.1, -0.05) is 6.08 Å². The average Bonchev–Trinajstić information content (AvgIpc) is 2.57. The highest BCUT2D eigenvalue weighted by atomic mass is 19.1. The third-order valence-electron chi connectivity index (χ3n) is 2.76. The van der Waals surface area contributed by atoms with Gasteiger partial charge in [-0.2, -0.15) is 0 Å². The molecule has 3 atom stereocenters. The van der Waals surface area contributed by atoms with Crippen molar-refractivity contribution in [2.24, 2.45) is 0 Å². The van der Waals surface area contributed by atoms with Crippen molar-refractivity contribution in [1.82, 2.24) is 9.55 Å². The van der Waals surface area contributed by atoms with Gasteiger partial charge in [0.15, 0.2) is 0 Å². The maximum atomic E-state index is 12.5. The fraction of sp³-hybridized carbons (Fsp3) is 0.400. The van der Waals surface area contributed by atoms with Gasteiger partial charge in [-0.15, -0.1) is 0 Å². The molecule has 0 bridgehead atoms. The number of halogens is 1. The summed E-state index contributed by atoms with van der Waals surface area (Å²) < 4.78 is 13.5. The second-order valence-electron chi connectivity index (χ2n) is 3.82. The molecule has 1 aromatic heterocycles. The van der Waals surface area contributed by atoms with E-state index in [1.165, 1.54) is 12.3 Å². The molecule has 3 N–H and O–H groups in total. The number of alkyl halides is 1. The fourth-order valence-corrected chi connectivity index (χ4v) is 1.85. The number of aliphatic hydroxyl groups excluding tert-OH is 2. The number of hydrogen-bond acceptors (Lipinski definition) is 4. The lowest BCUT2D eigenvalue weighted by molar-refractivity contribution is 0.0290. The van der Waals surface area contributed by atoms with Crippen LogP contribution in [0.5, 0.6) is 0 Å². The number of aromatic amines is 1. The van der Waals surface area contributed by atoms with E-state index in [2.05, 4.69) is 0 Å². The predicted octanol–water partition coefficient (Wildman–Crippen LogP) is -1.29. The van der Waals surface area contributed by atoms with Gasteiger partial charge >= 0.3 is 5.69 Å². The van der Waals surface area contributed by atoms with E-state index in [1.54, 1.807) is 0 Å². The molecule has 0 aromatic carbocycles. The largest absolute Gasteiger partial charge is 0.388 e. The van der Waals surface area contributed by atoms with Crippen LogP contribution < -0.4 is 11.2 Å². The molecular weight excluding hydrogens is 231 g/mol. The summed E-state index contributed by atoms with van der Waals surface area (Å²) >= 11 is 0. The quantitative estimate of drug-likeness (QED) is 0.562. The summed E-state index contributed by atoms with van der Waals surface area (Å²) in [6.07, 6.45) is -0.151. The van der Waals surface area contributed by atoms with Crippen LogP contribution in [0.25, 0.3) is 0 Å². The Balaban J connectivity index is 2.45. The first-order chi connectivity index (χ1) is 8.04.